The summed E-state index contributed by atoms with van der Waals surface area (Å²) >= 11 is 8.89. The minimum atomic E-state index is -1.04. The third kappa shape index (κ3) is 2.25. The maximum absolute atomic E-state index is 13.8. The first-order valence-electron chi connectivity index (χ1n) is 4.88. The van der Waals surface area contributed by atoms with Gasteiger partial charge in [0.2, 0.25) is 0 Å². The second-order valence-corrected chi connectivity index (χ2v) is 5.00. The van der Waals surface area contributed by atoms with Gasteiger partial charge in [0.25, 0.3) is 0 Å². The van der Waals surface area contributed by atoms with Gasteiger partial charge < -0.3 is 9.47 Å². The van der Waals surface area contributed by atoms with Gasteiger partial charge in [-0.1, -0.05) is 15.9 Å². The smallest absolute Gasteiger partial charge is 0.195 e. The van der Waals surface area contributed by atoms with Crippen molar-refractivity contribution >= 4 is 27.5 Å². The molecule has 0 aliphatic carbocycles. The fourth-order valence-electron chi connectivity index (χ4n) is 1.71. The SMILES string of the molecule is CC1(c2ccc(Br)cc2F)OCC(CCl)O1. The van der Waals surface area contributed by atoms with E-state index in [1.165, 1.54) is 6.07 Å². The number of benzene rings is 1. The van der Waals surface area contributed by atoms with Crippen LogP contribution < -0.4 is 0 Å². The van der Waals surface area contributed by atoms with Gasteiger partial charge in [-0.3, -0.25) is 0 Å². The highest BCUT2D eigenvalue weighted by atomic mass is 79.9. The maximum Gasteiger partial charge on any atom is 0.195 e. The van der Waals surface area contributed by atoms with Crippen LogP contribution in [0.3, 0.4) is 0 Å². The maximum atomic E-state index is 13.8. The Morgan fingerprint density at radius 3 is 2.94 bits per heavy atom. The summed E-state index contributed by atoms with van der Waals surface area (Å²) in [5.41, 5.74) is 0.392. The van der Waals surface area contributed by atoms with E-state index in [9.17, 15) is 4.39 Å². The molecule has 1 aliphatic rings. The molecule has 1 aromatic rings. The number of hydrogen-bond donors (Lipinski definition) is 0. The fraction of sp³-hybridized carbons (Fsp3) is 0.455. The summed E-state index contributed by atoms with van der Waals surface area (Å²) in [5.74, 6) is -1.05. The zero-order valence-electron chi connectivity index (χ0n) is 8.67. The van der Waals surface area contributed by atoms with E-state index in [-0.39, 0.29) is 11.9 Å². The van der Waals surface area contributed by atoms with Gasteiger partial charge in [0.05, 0.1) is 18.6 Å². The summed E-state index contributed by atoms with van der Waals surface area (Å²) in [7, 11) is 0. The molecule has 0 saturated carbocycles. The standard InChI is InChI=1S/C11H11BrClFO2/c1-11(15-6-8(5-13)16-11)9-3-2-7(12)4-10(9)14/h2-4,8H,5-6H2,1H3. The summed E-state index contributed by atoms with van der Waals surface area (Å²) in [6.07, 6.45) is -0.185. The van der Waals surface area contributed by atoms with Gasteiger partial charge in [-0.05, 0) is 25.1 Å². The molecule has 1 fully saturated rings. The van der Waals surface area contributed by atoms with Gasteiger partial charge in [0, 0.05) is 10.0 Å². The molecule has 88 valence electrons. The number of halogens is 3. The predicted octanol–water partition coefficient (Wildman–Crippen LogP) is 3.42. The molecule has 16 heavy (non-hydrogen) atoms. The number of ether oxygens (including phenoxy) is 2. The van der Waals surface area contributed by atoms with E-state index in [1.807, 2.05) is 0 Å². The number of alkyl halides is 1. The van der Waals surface area contributed by atoms with E-state index in [1.54, 1.807) is 19.1 Å². The van der Waals surface area contributed by atoms with Crippen molar-refractivity contribution in [3.8, 4) is 0 Å². The summed E-state index contributed by atoms with van der Waals surface area (Å²) in [6.45, 7) is 2.08. The van der Waals surface area contributed by atoms with Crippen LogP contribution in [0.25, 0.3) is 0 Å². The average molecular weight is 310 g/mol. The van der Waals surface area contributed by atoms with Crippen molar-refractivity contribution in [2.45, 2.75) is 18.8 Å². The molecular formula is C11H11BrClFO2. The van der Waals surface area contributed by atoms with Crippen molar-refractivity contribution in [2.24, 2.45) is 0 Å². The molecule has 1 heterocycles. The summed E-state index contributed by atoms with van der Waals surface area (Å²) in [4.78, 5) is 0. The first kappa shape index (κ1) is 12.3. The van der Waals surface area contributed by atoms with Crippen molar-refractivity contribution in [1.82, 2.24) is 0 Å². The lowest BCUT2D eigenvalue weighted by Crippen LogP contribution is -2.25. The lowest BCUT2D eigenvalue weighted by molar-refractivity contribution is -0.161. The molecular weight excluding hydrogens is 298 g/mol. The van der Waals surface area contributed by atoms with Crippen molar-refractivity contribution in [2.75, 3.05) is 12.5 Å². The van der Waals surface area contributed by atoms with Gasteiger partial charge in [0.15, 0.2) is 5.79 Å². The molecule has 0 aromatic heterocycles. The topological polar surface area (TPSA) is 18.5 Å². The van der Waals surface area contributed by atoms with Crippen LogP contribution in [0.5, 0.6) is 0 Å². The van der Waals surface area contributed by atoms with Crippen LogP contribution in [0.1, 0.15) is 12.5 Å². The van der Waals surface area contributed by atoms with Gasteiger partial charge in [-0.25, -0.2) is 4.39 Å². The van der Waals surface area contributed by atoms with Crippen molar-refractivity contribution in [1.29, 1.82) is 0 Å². The zero-order chi connectivity index (χ0) is 11.8. The van der Waals surface area contributed by atoms with Crippen LogP contribution >= 0.6 is 27.5 Å². The third-order valence-electron chi connectivity index (χ3n) is 2.53. The van der Waals surface area contributed by atoms with Crippen molar-refractivity contribution < 1.29 is 13.9 Å². The minimum absolute atomic E-state index is 0.185. The summed E-state index contributed by atoms with van der Waals surface area (Å²) in [6, 6.07) is 4.79. The van der Waals surface area contributed by atoms with E-state index >= 15 is 0 Å². The molecule has 5 heteroatoms. The normalized spacial score (nSPS) is 29.6. The Balaban J connectivity index is 2.30. The van der Waals surface area contributed by atoms with Crippen LogP contribution in [0, 0.1) is 5.82 Å². The Morgan fingerprint density at radius 2 is 2.38 bits per heavy atom. The molecule has 1 aromatic carbocycles. The van der Waals surface area contributed by atoms with E-state index in [0.29, 0.717) is 22.5 Å². The first-order valence-corrected chi connectivity index (χ1v) is 6.21. The van der Waals surface area contributed by atoms with Crippen LogP contribution in [0.4, 0.5) is 4.39 Å². The number of hydrogen-bond acceptors (Lipinski definition) is 2. The van der Waals surface area contributed by atoms with Gasteiger partial charge >= 0.3 is 0 Å². The van der Waals surface area contributed by atoms with Crippen LogP contribution in [0.2, 0.25) is 0 Å². The summed E-state index contributed by atoms with van der Waals surface area (Å²) in [5, 5.41) is 0. The monoisotopic (exact) mass is 308 g/mol. The molecule has 2 unspecified atom stereocenters. The van der Waals surface area contributed by atoms with Gasteiger partial charge in [-0.2, -0.15) is 0 Å². The summed E-state index contributed by atoms with van der Waals surface area (Å²) < 4.78 is 25.5. The highest BCUT2D eigenvalue weighted by molar-refractivity contribution is 9.10. The highest BCUT2D eigenvalue weighted by Gasteiger charge is 2.40. The largest absolute Gasteiger partial charge is 0.343 e. The molecule has 1 aliphatic heterocycles. The molecule has 2 nitrogen and oxygen atoms in total. The first-order chi connectivity index (χ1) is 7.55. The molecule has 0 bridgehead atoms. The van der Waals surface area contributed by atoms with E-state index in [2.05, 4.69) is 15.9 Å². The second kappa shape index (κ2) is 4.61. The fourth-order valence-corrected chi connectivity index (χ4v) is 2.20. The zero-order valence-corrected chi connectivity index (χ0v) is 11.0. The van der Waals surface area contributed by atoms with E-state index in [4.69, 9.17) is 21.1 Å². The Kier molecular flexibility index (Phi) is 3.54. The van der Waals surface area contributed by atoms with Crippen molar-refractivity contribution in [3.05, 3.63) is 34.1 Å². The Bertz CT molecular complexity index is 402. The Morgan fingerprint density at radius 1 is 1.62 bits per heavy atom. The molecule has 2 rings (SSSR count). The Hall–Kier alpha value is -0.160. The van der Waals surface area contributed by atoms with Gasteiger partial charge in [-0.15, -0.1) is 11.6 Å². The van der Waals surface area contributed by atoms with Crippen LogP contribution in [-0.4, -0.2) is 18.6 Å². The van der Waals surface area contributed by atoms with E-state index in [0.717, 1.165) is 0 Å². The van der Waals surface area contributed by atoms with Gasteiger partial charge in [0.1, 0.15) is 5.82 Å². The third-order valence-corrected chi connectivity index (χ3v) is 3.37. The van der Waals surface area contributed by atoms with Crippen LogP contribution in [0.15, 0.2) is 22.7 Å². The lowest BCUT2D eigenvalue weighted by Gasteiger charge is -2.24. The van der Waals surface area contributed by atoms with E-state index < -0.39 is 5.79 Å². The minimum Gasteiger partial charge on any atom is -0.343 e. The van der Waals surface area contributed by atoms with Crippen molar-refractivity contribution in [3.63, 3.8) is 0 Å². The highest BCUT2D eigenvalue weighted by Crippen LogP contribution is 2.36. The van der Waals surface area contributed by atoms with Crippen LogP contribution in [-0.2, 0) is 15.3 Å². The second-order valence-electron chi connectivity index (χ2n) is 3.78. The molecule has 0 amide bonds. The molecule has 0 radical (unpaired) electrons. The number of rotatable bonds is 2. The lowest BCUT2D eigenvalue weighted by atomic mass is 10.1. The molecule has 0 spiro atoms. The molecule has 2 atom stereocenters. The predicted molar refractivity (Wildman–Crippen MR) is 63.0 cm³/mol. The quantitative estimate of drug-likeness (QED) is 0.779. The molecule has 0 N–H and O–H groups in total. The molecule has 1 saturated heterocycles. The Labute approximate surface area is 107 Å². The average Bonchev–Trinajstić information content (AvgIpc) is 2.61.